The molecule has 0 aromatic carbocycles. The summed E-state index contributed by atoms with van der Waals surface area (Å²) in [4.78, 5) is 24.0. The summed E-state index contributed by atoms with van der Waals surface area (Å²) in [6.45, 7) is 21.2. The van der Waals surface area contributed by atoms with E-state index in [1.54, 1.807) is 6.92 Å². The first-order valence-electron chi connectivity index (χ1n) is 8.68. The number of carbonyl (C=O) groups is 2. The van der Waals surface area contributed by atoms with Crippen molar-refractivity contribution < 1.29 is 9.59 Å². The summed E-state index contributed by atoms with van der Waals surface area (Å²) in [6.07, 6.45) is 1.88. The highest BCUT2D eigenvalue weighted by molar-refractivity contribution is 5.92. The average molecular weight is 354 g/mol. The molecule has 0 aliphatic heterocycles. The zero-order chi connectivity index (χ0) is 20.4. The first kappa shape index (κ1) is 25.6. The van der Waals surface area contributed by atoms with Gasteiger partial charge in [0.05, 0.1) is 0 Å². The summed E-state index contributed by atoms with van der Waals surface area (Å²) in [7, 11) is 4.03. The highest BCUT2D eigenvalue weighted by Crippen LogP contribution is 2.37. The number of hydrogen-bond donors (Lipinski definition) is 2. The van der Waals surface area contributed by atoms with Crippen molar-refractivity contribution in [2.45, 2.75) is 54.4 Å². The fourth-order valence-corrected chi connectivity index (χ4v) is 2.51. The quantitative estimate of drug-likeness (QED) is 0.520. The van der Waals surface area contributed by atoms with Gasteiger partial charge in [0, 0.05) is 17.7 Å². The number of hydrogen-bond acceptors (Lipinski definition) is 3. The average Bonchev–Trinajstić information content (AvgIpc) is 2.40. The van der Waals surface area contributed by atoms with Crippen molar-refractivity contribution in [3.8, 4) is 0 Å². The SMILES string of the molecule is C=C(C(N)=O)C(C)(C)CC(C)(C)C.C=C(C)C(=O)NCCCN(C)C. The van der Waals surface area contributed by atoms with E-state index in [4.69, 9.17) is 5.73 Å². The van der Waals surface area contributed by atoms with Gasteiger partial charge in [-0.3, -0.25) is 9.59 Å². The van der Waals surface area contributed by atoms with Gasteiger partial charge in [-0.05, 0) is 51.2 Å². The van der Waals surface area contributed by atoms with Crippen molar-refractivity contribution in [1.29, 1.82) is 0 Å². The predicted molar refractivity (Wildman–Crippen MR) is 107 cm³/mol. The standard InChI is InChI=1S/C11H21NO.C9H18N2O/c1-8(9(12)13)11(5,6)7-10(2,3)4;1-8(2)9(12)10-6-5-7-11(3)4/h1,7H2,2-6H3,(H2,12,13);1,5-7H2,2-4H3,(H,10,12). The number of amides is 2. The van der Waals surface area contributed by atoms with Crippen LogP contribution in [0, 0.1) is 10.8 Å². The van der Waals surface area contributed by atoms with Crippen LogP contribution in [0.3, 0.4) is 0 Å². The van der Waals surface area contributed by atoms with Gasteiger partial charge in [0.25, 0.3) is 0 Å². The number of nitrogens with two attached hydrogens (primary N) is 1. The number of carbonyl (C=O) groups excluding carboxylic acids is 2. The van der Waals surface area contributed by atoms with Gasteiger partial charge in [0.2, 0.25) is 11.8 Å². The van der Waals surface area contributed by atoms with E-state index in [0.717, 1.165) is 25.9 Å². The van der Waals surface area contributed by atoms with Crippen LogP contribution in [0.1, 0.15) is 54.4 Å². The Balaban J connectivity index is 0. The lowest BCUT2D eigenvalue weighted by atomic mass is 9.72. The second kappa shape index (κ2) is 11.1. The largest absolute Gasteiger partial charge is 0.366 e. The molecule has 0 radical (unpaired) electrons. The molecule has 146 valence electrons. The molecule has 0 atom stereocenters. The van der Waals surface area contributed by atoms with Crippen LogP contribution in [0.15, 0.2) is 24.3 Å². The zero-order valence-electron chi connectivity index (χ0n) is 17.6. The van der Waals surface area contributed by atoms with Crippen LogP contribution in [-0.2, 0) is 9.59 Å². The Morgan fingerprint density at radius 1 is 1.08 bits per heavy atom. The fourth-order valence-electron chi connectivity index (χ4n) is 2.51. The van der Waals surface area contributed by atoms with E-state index in [2.05, 4.69) is 44.1 Å². The van der Waals surface area contributed by atoms with Crippen LogP contribution in [0.4, 0.5) is 0 Å². The topological polar surface area (TPSA) is 75.4 Å². The van der Waals surface area contributed by atoms with Crippen molar-refractivity contribution in [2.75, 3.05) is 27.2 Å². The van der Waals surface area contributed by atoms with E-state index in [0.29, 0.717) is 11.1 Å². The molecule has 0 unspecified atom stereocenters. The maximum atomic E-state index is 11.0. The lowest BCUT2D eigenvalue weighted by molar-refractivity contribution is -0.117. The smallest absolute Gasteiger partial charge is 0.246 e. The second-order valence-electron chi connectivity index (χ2n) is 8.66. The molecular formula is C20H39N3O2. The van der Waals surface area contributed by atoms with Crippen LogP contribution in [0.25, 0.3) is 0 Å². The molecule has 5 nitrogen and oxygen atoms in total. The molecule has 0 aliphatic carbocycles. The summed E-state index contributed by atoms with van der Waals surface area (Å²) in [5, 5.41) is 2.77. The zero-order valence-corrected chi connectivity index (χ0v) is 17.6. The van der Waals surface area contributed by atoms with E-state index >= 15 is 0 Å². The summed E-state index contributed by atoms with van der Waals surface area (Å²) >= 11 is 0. The van der Waals surface area contributed by atoms with Crippen LogP contribution in [-0.4, -0.2) is 43.9 Å². The van der Waals surface area contributed by atoms with Crippen molar-refractivity contribution in [1.82, 2.24) is 10.2 Å². The van der Waals surface area contributed by atoms with Gasteiger partial charge < -0.3 is 16.0 Å². The molecule has 0 aliphatic rings. The van der Waals surface area contributed by atoms with E-state index in [-0.39, 0.29) is 16.7 Å². The summed E-state index contributed by atoms with van der Waals surface area (Å²) in [6, 6.07) is 0. The van der Waals surface area contributed by atoms with E-state index < -0.39 is 5.91 Å². The number of primary amides is 1. The molecule has 3 N–H and O–H groups in total. The minimum absolute atomic E-state index is 0.0474. The van der Waals surface area contributed by atoms with Crippen molar-refractivity contribution >= 4 is 11.8 Å². The highest BCUT2D eigenvalue weighted by Gasteiger charge is 2.30. The molecule has 0 fully saturated rings. The molecule has 0 rings (SSSR count). The number of nitrogens with one attached hydrogen (secondary N) is 1. The van der Waals surface area contributed by atoms with Crippen LogP contribution >= 0.6 is 0 Å². The normalized spacial score (nSPS) is 11.4. The molecule has 0 bridgehead atoms. The third kappa shape index (κ3) is 14.4. The Morgan fingerprint density at radius 2 is 1.56 bits per heavy atom. The maximum absolute atomic E-state index is 11.0. The van der Waals surface area contributed by atoms with E-state index in [1.807, 2.05) is 27.9 Å². The van der Waals surface area contributed by atoms with Gasteiger partial charge in [0.1, 0.15) is 0 Å². The first-order chi connectivity index (χ1) is 11.1. The summed E-state index contributed by atoms with van der Waals surface area (Å²) in [5.74, 6) is -0.442. The van der Waals surface area contributed by atoms with Crippen molar-refractivity contribution in [3.63, 3.8) is 0 Å². The minimum Gasteiger partial charge on any atom is -0.366 e. The molecule has 0 spiro atoms. The lowest BCUT2D eigenvalue weighted by Gasteiger charge is -2.32. The monoisotopic (exact) mass is 353 g/mol. The minimum atomic E-state index is -0.394. The second-order valence-corrected chi connectivity index (χ2v) is 8.66. The molecule has 0 aromatic heterocycles. The van der Waals surface area contributed by atoms with E-state index in [9.17, 15) is 9.59 Å². The van der Waals surface area contributed by atoms with Gasteiger partial charge in [-0.25, -0.2) is 0 Å². The summed E-state index contributed by atoms with van der Waals surface area (Å²) < 4.78 is 0. The molecule has 5 heteroatoms. The summed E-state index contributed by atoms with van der Waals surface area (Å²) in [5.41, 5.74) is 6.27. The Hall–Kier alpha value is -1.62. The predicted octanol–water partition coefficient (Wildman–Crippen LogP) is 3.12. The van der Waals surface area contributed by atoms with Crippen LogP contribution < -0.4 is 11.1 Å². The van der Waals surface area contributed by atoms with Crippen molar-refractivity contribution in [3.05, 3.63) is 24.3 Å². The molecule has 0 aromatic rings. The molecule has 0 saturated carbocycles. The lowest BCUT2D eigenvalue weighted by Crippen LogP contribution is -2.29. The van der Waals surface area contributed by atoms with E-state index in [1.165, 1.54) is 0 Å². The molecule has 2 amide bonds. The fraction of sp³-hybridized carbons (Fsp3) is 0.700. The molecule has 25 heavy (non-hydrogen) atoms. The van der Waals surface area contributed by atoms with Gasteiger partial charge in [-0.15, -0.1) is 0 Å². The molecule has 0 heterocycles. The molecular weight excluding hydrogens is 314 g/mol. The van der Waals surface area contributed by atoms with Gasteiger partial charge in [0.15, 0.2) is 0 Å². The van der Waals surface area contributed by atoms with Gasteiger partial charge >= 0.3 is 0 Å². The third-order valence-electron chi connectivity index (χ3n) is 3.54. The van der Waals surface area contributed by atoms with Gasteiger partial charge in [-0.2, -0.15) is 0 Å². The number of rotatable bonds is 8. The Labute approximate surface area is 154 Å². The Kier molecular flexibility index (Phi) is 11.4. The molecule has 0 saturated heterocycles. The first-order valence-corrected chi connectivity index (χ1v) is 8.68. The van der Waals surface area contributed by atoms with Crippen molar-refractivity contribution in [2.24, 2.45) is 16.6 Å². The Bertz CT molecular complexity index is 472. The Morgan fingerprint density at radius 3 is 1.88 bits per heavy atom. The third-order valence-corrected chi connectivity index (χ3v) is 3.54. The van der Waals surface area contributed by atoms with Gasteiger partial charge in [-0.1, -0.05) is 47.8 Å². The highest BCUT2D eigenvalue weighted by atomic mass is 16.2. The maximum Gasteiger partial charge on any atom is 0.246 e. The number of nitrogens with zero attached hydrogens (tertiary/aromatic N) is 1. The van der Waals surface area contributed by atoms with Crippen LogP contribution in [0.2, 0.25) is 0 Å². The van der Waals surface area contributed by atoms with Crippen LogP contribution in [0.5, 0.6) is 0 Å².